The summed E-state index contributed by atoms with van der Waals surface area (Å²) in [6.45, 7) is 3.84. The standard InChI is InChI=1S/C19H21FN4O4/c1-12-16(13(2)24(3)22-12)8-9-19(25)27-11-18-21-17(23-28-18)10-26-15-6-4-14(20)5-7-15/h4-7H,8-11H2,1-3H3. The lowest BCUT2D eigenvalue weighted by molar-refractivity contribution is -0.145. The molecule has 0 aliphatic rings. The van der Waals surface area contributed by atoms with Crippen molar-refractivity contribution in [2.75, 3.05) is 0 Å². The van der Waals surface area contributed by atoms with Crippen molar-refractivity contribution in [2.45, 2.75) is 39.9 Å². The fraction of sp³-hybridized carbons (Fsp3) is 0.368. The Morgan fingerprint density at radius 3 is 2.64 bits per heavy atom. The van der Waals surface area contributed by atoms with Crippen LogP contribution in [0.5, 0.6) is 5.75 Å². The minimum Gasteiger partial charge on any atom is -0.485 e. The largest absolute Gasteiger partial charge is 0.485 e. The lowest BCUT2D eigenvalue weighted by atomic mass is 10.1. The van der Waals surface area contributed by atoms with Crippen molar-refractivity contribution in [1.82, 2.24) is 19.9 Å². The Balaban J connectivity index is 1.43. The third-order valence-electron chi connectivity index (χ3n) is 4.29. The van der Waals surface area contributed by atoms with E-state index in [0.717, 1.165) is 17.0 Å². The summed E-state index contributed by atoms with van der Waals surface area (Å²) in [5.74, 6) is 0.270. The molecular formula is C19H21FN4O4. The fourth-order valence-corrected chi connectivity index (χ4v) is 2.71. The van der Waals surface area contributed by atoms with E-state index >= 15 is 0 Å². The molecule has 0 amide bonds. The maximum absolute atomic E-state index is 12.9. The first-order chi connectivity index (χ1) is 13.4. The summed E-state index contributed by atoms with van der Waals surface area (Å²) in [6, 6.07) is 5.60. The highest BCUT2D eigenvalue weighted by atomic mass is 19.1. The number of carbonyl (C=O) groups excluding carboxylic acids is 1. The monoisotopic (exact) mass is 388 g/mol. The molecule has 28 heavy (non-hydrogen) atoms. The highest BCUT2D eigenvalue weighted by Gasteiger charge is 2.14. The Morgan fingerprint density at radius 1 is 1.21 bits per heavy atom. The molecule has 2 aromatic heterocycles. The van der Waals surface area contributed by atoms with Crippen LogP contribution in [0.3, 0.4) is 0 Å². The number of hydrogen-bond donors (Lipinski definition) is 0. The van der Waals surface area contributed by atoms with E-state index in [4.69, 9.17) is 14.0 Å². The molecule has 9 heteroatoms. The number of aryl methyl sites for hydroxylation is 2. The fourth-order valence-electron chi connectivity index (χ4n) is 2.71. The number of halogens is 1. The molecule has 0 spiro atoms. The van der Waals surface area contributed by atoms with E-state index in [1.54, 1.807) is 4.68 Å². The van der Waals surface area contributed by atoms with Crippen LogP contribution in [0.25, 0.3) is 0 Å². The molecule has 0 bridgehead atoms. The van der Waals surface area contributed by atoms with Gasteiger partial charge in [-0.05, 0) is 50.1 Å². The van der Waals surface area contributed by atoms with E-state index in [1.165, 1.54) is 24.3 Å². The molecule has 0 radical (unpaired) electrons. The molecule has 3 aromatic rings. The van der Waals surface area contributed by atoms with Crippen LogP contribution in [-0.2, 0) is 36.2 Å². The molecule has 3 rings (SSSR count). The molecule has 0 atom stereocenters. The van der Waals surface area contributed by atoms with Crippen LogP contribution in [0, 0.1) is 19.7 Å². The second-order valence-corrected chi connectivity index (χ2v) is 6.28. The number of ether oxygens (including phenoxy) is 2. The van der Waals surface area contributed by atoms with Gasteiger partial charge in [-0.3, -0.25) is 9.48 Å². The number of rotatable bonds is 8. The topological polar surface area (TPSA) is 92.3 Å². The van der Waals surface area contributed by atoms with Crippen molar-refractivity contribution in [1.29, 1.82) is 0 Å². The molecule has 0 saturated heterocycles. The van der Waals surface area contributed by atoms with Gasteiger partial charge in [-0.25, -0.2) is 4.39 Å². The number of benzene rings is 1. The van der Waals surface area contributed by atoms with E-state index in [-0.39, 0.29) is 37.3 Å². The first kappa shape index (κ1) is 19.5. The Kier molecular flexibility index (Phi) is 6.03. The maximum atomic E-state index is 12.9. The van der Waals surface area contributed by atoms with Gasteiger partial charge >= 0.3 is 5.97 Å². The van der Waals surface area contributed by atoms with Gasteiger partial charge in [0.15, 0.2) is 13.2 Å². The smallest absolute Gasteiger partial charge is 0.306 e. The normalized spacial score (nSPS) is 10.9. The average Bonchev–Trinajstić information content (AvgIpc) is 3.22. The molecule has 0 aliphatic carbocycles. The first-order valence-corrected chi connectivity index (χ1v) is 8.77. The van der Waals surface area contributed by atoms with E-state index in [0.29, 0.717) is 18.0 Å². The summed E-state index contributed by atoms with van der Waals surface area (Å²) < 4.78 is 30.3. The Bertz CT molecular complexity index is 950. The van der Waals surface area contributed by atoms with Crippen molar-refractivity contribution in [3.8, 4) is 5.75 Å². The number of hydrogen-bond acceptors (Lipinski definition) is 7. The summed E-state index contributed by atoms with van der Waals surface area (Å²) in [6.07, 6.45) is 0.799. The van der Waals surface area contributed by atoms with Gasteiger partial charge in [-0.15, -0.1) is 0 Å². The maximum Gasteiger partial charge on any atom is 0.306 e. The van der Waals surface area contributed by atoms with E-state index in [2.05, 4.69) is 15.2 Å². The summed E-state index contributed by atoms with van der Waals surface area (Å²) in [4.78, 5) is 16.1. The molecule has 0 saturated carbocycles. The predicted molar refractivity (Wildman–Crippen MR) is 95.8 cm³/mol. The van der Waals surface area contributed by atoms with Crippen molar-refractivity contribution >= 4 is 5.97 Å². The van der Waals surface area contributed by atoms with Gasteiger partial charge in [0, 0.05) is 19.2 Å². The Hall–Kier alpha value is -3.23. The Labute approximate surface area is 161 Å². The number of aromatic nitrogens is 4. The summed E-state index contributed by atoms with van der Waals surface area (Å²) in [7, 11) is 1.87. The summed E-state index contributed by atoms with van der Waals surface area (Å²) >= 11 is 0. The van der Waals surface area contributed by atoms with E-state index in [9.17, 15) is 9.18 Å². The number of carbonyl (C=O) groups is 1. The Morgan fingerprint density at radius 2 is 1.96 bits per heavy atom. The van der Waals surface area contributed by atoms with Crippen LogP contribution in [0.2, 0.25) is 0 Å². The molecule has 0 aliphatic heterocycles. The second kappa shape index (κ2) is 8.64. The van der Waals surface area contributed by atoms with Crippen LogP contribution in [0.1, 0.15) is 35.1 Å². The molecule has 0 fully saturated rings. The molecule has 2 heterocycles. The van der Waals surface area contributed by atoms with Crippen LogP contribution >= 0.6 is 0 Å². The zero-order valence-electron chi connectivity index (χ0n) is 15.9. The summed E-state index contributed by atoms with van der Waals surface area (Å²) in [5, 5.41) is 8.09. The van der Waals surface area contributed by atoms with E-state index < -0.39 is 0 Å². The third-order valence-corrected chi connectivity index (χ3v) is 4.29. The quantitative estimate of drug-likeness (QED) is 0.548. The van der Waals surface area contributed by atoms with E-state index in [1.807, 2.05) is 20.9 Å². The van der Waals surface area contributed by atoms with Crippen LogP contribution in [-0.4, -0.2) is 25.9 Å². The van der Waals surface area contributed by atoms with Crippen molar-refractivity contribution in [3.63, 3.8) is 0 Å². The highest BCUT2D eigenvalue weighted by molar-refractivity contribution is 5.69. The minimum absolute atomic E-state index is 0.0582. The van der Waals surface area contributed by atoms with Crippen molar-refractivity contribution in [2.24, 2.45) is 7.05 Å². The average molecular weight is 388 g/mol. The van der Waals surface area contributed by atoms with Gasteiger partial charge in [-0.2, -0.15) is 10.1 Å². The number of esters is 1. The molecule has 0 unspecified atom stereocenters. The van der Waals surface area contributed by atoms with Crippen LogP contribution < -0.4 is 4.74 Å². The summed E-state index contributed by atoms with van der Waals surface area (Å²) in [5.41, 5.74) is 3.00. The zero-order valence-corrected chi connectivity index (χ0v) is 15.9. The third kappa shape index (κ3) is 4.93. The van der Waals surface area contributed by atoms with Gasteiger partial charge in [-0.1, -0.05) is 5.16 Å². The van der Waals surface area contributed by atoms with Gasteiger partial charge < -0.3 is 14.0 Å². The van der Waals surface area contributed by atoms with Gasteiger partial charge in [0.2, 0.25) is 5.82 Å². The SMILES string of the molecule is Cc1nn(C)c(C)c1CCC(=O)OCc1nc(COc2ccc(F)cc2)no1. The molecule has 148 valence electrons. The van der Waals surface area contributed by atoms with Crippen molar-refractivity contribution < 1.29 is 23.2 Å². The predicted octanol–water partition coefficient (Wildman–Crippen LogP) is 2.81. The van der Waals surface area contributed by atoms with Gasteiger partial charge in [0.1, 0.15) is 11.6 Å². The molecule has 1 aromatic carbocycles. The molecular weight excluding hydrogens is 367 g/mol. The lowest BCUT2D eigenvalue weighted by Crippen LogP contribution is -2.07. The second-order valence-electron chi connectivity index (χ2n) is 6.28. The van der Waals surface area contributed by atoms with Crippen LogP contribution in [0.4, 0.5) is 4.39 Å². The number of nitrogens with zero attached hydrogens (tertiary/aromatic N) is 4. The lowest BCUT2D eigenvalue weighted by Gasteiger charge is -2.03. The zero-order chi connectivity index (χ0) is 20.1. The molecule has 0 N–H and O–H groups in total. The first-order valence-electron chi connectivity index (χ1n) is 8.77. The van der Waals surface area contributed by atoms with Gasteiger partial charge in [0.25, 0.3) is 5.89 Å². The minimum atomic E-state index is -0.357. The van der Waals surface area contributed by atoms with Gasteiger partial charge in [0.05, 0.1) is 5.69 Å². The van der Waals surface area contributed by atoms with Crippen LogP contribution in [0.15, 0.2) is 28.8 Å². The van der Waals surface area contributed by atoms with Crippen molar-refractivity contribution in [3.05, 3.63) is 58.7 Å². The molecule has 8 nitrogen and oxygen atoms in total. The highest BCUT2D eigenvalue weighted by Crippen LogP contribution is 2.15.